The van der Waals surface area contributed by atoms with Crippen LogP contribution in [0, 0.1) is 5.82 Å². The average Bonchev–Trinajstić information content (AvgIpc) is 2.62. The van der Waals surface area contributed by atoms with E-state index in [0.29, 0.717) is 32.8 Å². The van der Waals surface area contributed by atoms with Crippen LogP contribution in [0.15, 0.2) is 23.1 Å². The molecule has 25 heavy (non-hydrogen) atoms. The highest BCUT2D eigenvalue weighted by molar-refractivity contribution is 7.89. The minimum atomic E-state index is -3.93. The molecule has 0 radical (unpaired) electrons. The van der Waals surface area contributed by atoms with E-state index in [1.165, 1.54) is 16.4 Å². The molecule has 1 aromatic rings. The number of ether oxygens (including phenoxy) is 1. The van der Waals surface area contributed by atoms with Crippen LogP contribution in [0.4, 0.5) is 4.39 Å². The van der Waals surface area contributed by atoms with E-state index in [1.807, 2.05) is 6.92 Å². The van der Waals surface area contributed by atoms with Crippen molar-refractivity contribution in [3.8, 4) is 0 Å². The smallest absolute Gasteiger partial charge is 0.254 e. The lowest BCUT2D eigenvalue weighted by molar-refractivity contribution is -0.0124. The van der Waals surface area contributed by atoms with Crippen LogP contribution in [0.25, 0.3) is 0 Å². The number of carbonyl (C=O) groups is 1. The number of halogens is 1. The quantitative estimate of drug-likeness (QED) is 0.815. The third kappa shape index (κ3) is 3.86. The molecule has 0 spiro atoms. The Hall–Kier alpha value is -1.51. The molecule has 1 atom stereocenters. The van der Waals surface area contributed by atoms with Crippen molar-refractivity contribution in [3.05, 3.63) is 29.6 Å². The molecular formula is C17H23FN2O4S. The molecule has 1 aromatic carbocycles. The van der Waals surface area contributed by atoms with Gasteiger partial charge in [-0.05, 0) is 38.0 Å². The molecule has 0 bridgehead atoms. The van der Waals surface area contributed by atoms with Gasteiger partial charge in [0.15, 0.2) is 0 Å². The Morgan fingerprint density at radius 1 is 1.20 bits per heavy atom. The SMILES string of the molecule is CC1CN(C(=O)c2ccc(F)c(S(=O)(=O)N3CCCCC3)c2)CCO1. The maximum atomic E-state index is 14.2. The number of amides is 1. The van der Waals surface area contributed by atoms with Crippen molar-refractivity contribution in [1.82, 2.24) is 9.21 Å². The molecule has 0 saturated carbocycles. The maximum Gasteiger partial charge on any atom is 0.254 e. The van der Waals surface area contributed by atoms with Crippen LogP contribution < -0.4 is 0 Å². The Labute approximate surface area is 147 Å². The Balaban J connectivity index is 1.88. The fourth-order valence-electron chi connectivity index (χ4n) is 3.26. The number of hydrogen-bond donors (Lipinski definition) is 0. The first kappa shape index (κ1) is 18.3. The molecule has 2 aliphatic rings. The van der Waals surface area contributed by atoms with E-state index in [4.69, 9.17) is 4.74 Å². The summed E-state index contributed by atoms with van der Waals surface area (Å²) < 4.78 is 46.5. The number of carbonyl (C=O) groups excluding carboxylic acids is 1. The number of hydrogen-bond acceptors (Lipinski definition) is 4. The van der Waals surface area contributed by atoms with Crippen molar-refractivity contribution < 1.29 is 22.3 Å². The molecule has 0 aromatic heterocycles. The number of nitrogens with zero attached hydrogens (tertiary/aromatic N) is 2. The summed E-state index contributed by atoms with van der Waals surface area (Å²) in [5, 5.41) is 0. The fourth-order valence-corrected chi connectivity index (χ4v) is 4.87. The number of rotatable bonds is 3. The van der Waals surface area contributed by atoms with Crippen LogP contribution >= 0.6 is 0 Å². The van der Waals surface area contributed by atoms with Crippen LogP contribution in [0.3, 0.4) is 0 Å². The van der Waals surface area contributed by atoms with Gasteiger partial charge in [-0.3, -0.25) is 4.79 Å². The first-order chi connectivity index (χ1) is 11.9. The van der Waals surface area contributed by atoms with Gasteiger partial charge in [-0.15, -0.1) is 0 Å². The second-order valence-electron chi connectivity index (χ2n) is 6.54. The molecule has 8 heteroatoms. The molecular weight excluding hydrogens is 347 g/mol. The Bertz CT molecular complexity index is 747. The van der Waals surface area contributed by atoms with Gasteiger partial charge in [-0.2, -0.15) is 4.31 Å². The fraction of sp³-hybridized carbons (Fsp3) is 0.588. The molecule has 1 unspecified atom stereocenters. The largest absolute Gasteiger partial charge is 0.375 e. The van der Waals surface area contributed by atoms with E-state index in [0.717, 1.165) is 25.3 Å². The summed E-state index contributed by atoms with van der Waals surface area (Å²) >= 11 is 0. The van der Waals surface area contributed by atoms with Gasteiger partial charge in [-0.1, -0.05) is 6.42 Å². The summed E-state index contributed by atoms with van der Waals surface area (Å²) in [4.78, 5) is 13.8. The van der Waals surface area contributed by atoms with E-state index >= 15 is 0 Å². The summed E-state index contributed by atoms with van der Waals surface area (Å²) in [6.45, 7) is 3.96. The van der Waals surface area contributed by atoms with Gasteiger partial charge in [-0.25, -0.2) is 12.8 Å². The highest BCUT2D eigenvalue weighted by Crippen LogP contribution is 2.24. The Kier molecular flexibility index (Phi) is 5.41. The van der Waals surface area contributed by atoms with Crippen molar-refractivity contribution in [1.29, 1.82) is 0 Å². The second kappa shape index (κ2) is 7.39. The predicted molar refractivity (Wildman–Crippen MR) is 90.3 cm³/mol. The van der Waals surface area contributed by atoms with Gasteiger partial charge >= 0.3 is 0 Å². The normalized spacial score (nSPS) is 22.8. The third-order valence-corrected chi connectivity index (χ3v) is 6.55. The Morgan fingerprint density at radius 3 is 2.60 bits per heavy atom. The molecule has 2 aliphatic heterocycles. The van der Waals surface area contributed by atoms with Gasteiger partial charge in [0, 0.05) is 31.7 Å². The molecule has 2 fully saturated rings. The molecule has 0 N–H and O–H groups in total. The highest BCUT2D eigenvalue weighted by atomic mass is 32.2. The van der Waals surface area contributed by atoms with Crippen molar-refractivity contribution >= 4 is 15.9 Å². The lowest BCUT2D eigenvalue weighted by atomic mass is 10.1. The van der Waals surface area contributed by atoms with E-state index in [-0.39, 0.29) is 17.6 Å². The monoisotopic (exact) mass is 370 g/mol. The number of morpholine rings is 1. The van der Waals surface area contributed by atoms with Gasteiger partial charge in [0.05, 0.1) is 12.7 Å². The van der Waals surface area contributed by atoms with Crippen molar-refractivity contribution in [2.24, 2.45) is 0 Å². The lowest BCUT2D eigenvalue weighted by Gasteiger charge is -2.31. The van der Waals surface area contributed by atoms with Crippen LogP contribution in [0.5, 0.6) is 0 Å². The zero-order chi connectivity index (χ0) is 18.0. The van der Waals surface area contributed by atoms with Crippen molar-refractivity contribution in [3.63, 3.8) is 0 Å². The van der Waals surface area contributed by atoms with Crippen LogP contribution in [0.2, 0.25) is 0 Å². The third-order valence-electron chi connectivity index (χ3n) is 4.64. The highest BCUT2D eigenvalue weighted by Gasteiger charge is 2.30. The Morgan fingerprint density at radius 2 is 1.92 bits per heavy atom. The van der Waals surface area contributed by atoms with Crippen LogP contribution in [-0.2, 0) is 14.8 Å². The molecule has 3 rings (SSSR count). The van der Waals surface area contributed by atoms with Crippen LogP contribution in [0.1, 0.15) is 36.5 Å². The summed E-state index contributed by atoms with van der Waals surface area (Å²) in [7, 11) is -3.93. The second-order valence-corrected chi connectivity index (χ2v) is 8.45. The molecule has 1 amide bonds. The summed E-state index contributed by atoms with van der Waals surface area (Å²) in [5.74, 6) is -1.12. The topological polar surface area (TPSA) is 66.9 Å². The molecule has 2 heterocycles. The van der Waals surface area contributed by atoms with Gasteiger partial charge in [0.1, 0.15) is 10.7 Å². The first-order valence-corrected chi connectivity index (χ1v) is 10.0. The summed E-state index contributed by atoms with van der Waals surface area (Å²) in [6.07, 6.45) is 2.44. The van der Waals surface area contributed by atoms with E-state index in [9.17, 15) is 17.6 Å². The lowest BCUT2D eigenvalue weighted by Crippen LogP contribution is -2.44. The summed E-state index contributed by atoms with van der Waals surface area (Å²) in [6, 6.07) is 3.57. The number of piperidine rings is 1. The molecule has 138 valence electrons. The van der Waals surface area contributed by atoms with Gasteiger partial charge < -0.3 is 9.64 Å². The van der Waals surface area contributed by atoms with Crippen molar-refractivity contribution in [2.75, 3.05) is 32.8 Å². The summed E-state index contributed by atoms with van der Waals surface area (Å²) in [5.41, 5.74) is 0.186. The maximum absolute atomic E-state index is 14.2. The number of benzene rings is 1. The molecule has 0 aliphatic carbocycles. The van der Waals surface area contributed by atoms with E-state index in [2.05, 4.69) is 0 Å². The van der Waals surface area contributed by atoms with E-state index < -0.39 is 20.7 Å². The first-order valence-electron chi connectivity index (χ1n) is 8.60. The zero-order valence-corrected chi connectivity index (χ0v) is 15.1. The zero-order valence-electron chi connectivity index (χ0n) is 14.3. The molecule has 2 saturated heterocycles. The number of sulfonamides is 1. The van der Waals surface area contributed by atoms with Crippen molar-refractivity contribution in [2.45, 2.75) is 37.2 Å². The molecule has 6 nitrogen and oxygen atoms in total. The minimum Gasteiger partial charge on any atom is -0.375 e. The van der Waals surface area contributed by atoms with Gasteiger partial charge in [0.2, 0.25) is 10.0 Å². The van der Waals surface area contributed by atoms with Gasteiger partial charge in [0.25, 0.3) is 5.91 Å². The minimum absolute atomic E-state index is 0.0744. The van der Waals surface area contributed by atoms with Crippen LogP contribution in [-0.4, -0.2) is 62.4 Å². The average molecular weight is 370 g/mol. The van der Waals surface area contributed by atoms with E-state index in [1.54, 1.807) is 4.90 Å². The predicted octanol–water partition coefficient (Wildman–Crippen LogP) is 1.86. The standard InChI is InChI=1S/C17H23FN2O4S/c1-13-12-19(9-10-24-13)17(21)14-5-6-15(18)16(11-14)25(22,23)20-7-3-2-4-8-20/h5-6,11,13H,2-4,7-10,12H2,1H3.